The van der Waals surface area contributed by atoms with Gasteiger partial charge in [-0.1, -0.05) is 0 Å². The van der Waals surface area contributed by atoms with Gasteiger partial charge in [-0.2, -0.15) is 0 Å². The van der Waals surface area contributed by atoms with E-state index in [2.05, 4.69) is 21.2 Å². The van der Waals surface area contributed by atoms with Crippen molar-refractivity contribution in [3.63, 3.8) is 0 Å². The maximum atomic E-state index is 11.7. The van der Waals surface area contributed by atoms with Crippen molar-refractivity contribution in [1.82, 2.24) is 5.32 Å². The number of carbonyl (C=O) groups excluding carboxylic acids is 1. The van der Waals surface area contributed by atoms with E-state index in [0.717, 1.165) is 0 Å². The van der Waals surface area contributed by atoms with Gasteiger partial charge < -0.3 is 16.2 Å². The van der Waals surface area contributed by atoms with Gasteiger partial charge in [-0.3, -0.25) is 9.59 Å². The Balaban J connectivity index is 2.52. The molecule has 5 nitrogen and oxygen atoms in total. The number of nitrogens with one attached hydrogen (secondary N) is 1. The number of amides is 1. The fourth-order valence-electron chi connectivity index (χ4n) is 1.25. The van der Waals surface area contributed by atoms with Gasteiger partial charge in [-0.25, -0.2) is 0 Å². The summed E-state index contributed by atoms with van der Waals surface area (Å²) in [6, 6.07) is 4.95. The molecule has 0 atom stereocenters. The molecular formula is C11H13BrN2O3. The lowest BCUT2D eigenvalue weighted by atomic mass is 10.2. The molecule has 0 bridgehead atoms. The maximum absolute atomic E-state index is 11.7. The van der Waals surface area contributed by atoms with E-state index in [1.165, 1.54) is 0 Å². The summed E-state index contributed by atoms with van der Waals surface area (Å²) in [5, 5.41) is 11.1. The van der Waals surface area contributed by atoms with Crippen LogP contribution < -0.4 is 11.1 Å². The van der Waals surface area contributed by atoms with Crippen molar-refractivity contribution in [3.05, 3.63) is 28.2 Å². The van der Waals surface area contributed by atoms with Crippen LogP contribution in [0, 0.1) is 0 Å². The Labute approximate surface area is 107 Å². The fourth-order valence-corrected chi connectivity index (χ4v) is 1.68. The summed E-state index contributed by atoms with van der Waals surface area (Å²) in [6.07, 6.45) is 0.444. The molecule has 1 rings (SSSR count). The Kier molecular flexibility index (Phi) is 4.96. The van der Waals surface area contributed by atoms with E-state index in [4.69, 9.17) is 10.8 Å². The highest BCUT2D eigenvalue weighted by molar-refractivity contribution is 9.10. The van der Waals surface area contributed by atoms with Crippen LogP contribution in [-0.4, -0.2) is 23.5 Å². The lowest BCUT2D eigenvalue weighted by Crippen LogP contribution is -2.25. The second kappa shape index (κ2) is 6.24. The second-order valence-electron chi connectivity index (χ2n) is 3.49. The first-order chi connectivity index (χ1) is 8.00. The van der Waals surface area contributed by atoms with Crippen LogP contribution in [0.25, 0.3) is 0 Å². The number of aliphatic carboxylic acids is 1. The van der Waals surface area contributed by atoms with Crippen LogP contribution in [0.5, 0.6) is 0 Å². The van der Waals surface area contributed by atoms with E-state index in [1.54, 1.807) is 18.2 Å². The minimum absolute atomic E-state index is 0.0401. The first-order valence-corrected chi connectivity index (χ1v) is 5.85. The minimum Gasteiger partial charge on any atom is -0.481 e. The molecule has 0 aliphatic carbocycles. The molecule has 6 heteroatoms. The Morgan fingerprint density at radius 3 is 2.76 bits per heavy atom. The molecule has 0 saturated heterocycles. The van der Waals surface area contributed by atoms with Crippen LogP contribution in [-0.2, 0) is 4.79 Å². The van der Waals surface area contributed by atoms with Crippen molar-refractivity contribution in [3.8, 4) is 0 Å². The number of nitrogens with two attached hydrogens (primary N) is 1. The number of nitrogen functional groups attached to an aromatic ring is 1. The van der Waals surface area contributed by atoms with Gasteiger partial charge in [0.2, 0.25) is 0 Å². The molecule has 1 aromatic carbocycles. The number of carbonyl (C=O) groups is 2. The molecule has 92 valence electrons. The molecule has 0 aromatic heterocycles. The average molecular weight is 301 g/mol. The van der Waals surface area contributed by atoms with E-state index in [-0.39, 0.29) is 12.3 Å². The Morgan fingerprint density at radius 2 is 2.12 bits per heavy atom. The van der Waals surface area contributed by atoms with Crippen molar-refractivity contribution in [1.29, 1.82) is 0 Å². The zero-order chi connectivity index (χ0) is 12.8. The van der Waals surface area contributed by atoms with E-state index in [9.17, 15) is 9.59 Å². The van der Waals surface area contributed by atoms with E-state index < -0.39 is 5.97 Å². The molecule has 17 heavy (non-hydrogen) atoms. The highest BCUT2D eigenvalue weighted by Gasteiger charge is 2.09. The molecule has 0 unspecified atom stereocenters. The smallest absolute Gasteiger partial charge is 0.303 e. The van der Waals surface area contributed by atoms with Gasteiger partial charge in [0.1, 0.15) is 0 Å². The molecule has 4 N–H and O–H groups in total. The molecule has 1 aromatic rings. The second-order valence-corrected chi connectivity index (χ2v) is 4.35. The Bertz CT molecular complexity index is 435. The fraction of sp³-hybridized carbons (Fsp3) is 0.273. The molecule has 0 saturated carbocycles. The lowest BCUT2D eigenvalue weighted by Gasteiger charge is -2.06. The quantitative estimate of drug-likeness (QED) is 0.569. The third-order valence-electron chi connectivity index (χ3n) is 2.09. The van der Waals surface area contributed by atoms with E-state index in [1.807, 2.05) is 0 Å². The summed E-state index contributed by atoms with van der Waals surface area (Å²) < 4.78 is 0.655. The number of anilines is 1. The molecule has 0 radical (unpaired) electrons. The first-order valence-electron chi connectivity index (χ1n) is 5.05. The topological polar surface area (TPSA) is 92.4 Å². The maximum Gasteiger partial charge on any atom is 0.303 e. The van der Waals surface area contributed by atoms with Gasteiger partial charge in [0.15, 0.2) is 0 Å². The predicted molar refractivity (Wildman–Crippen MR) is 67.8 cm³/mol. The normalized spacial score (nSPS) is 9.94. The molecule has 0 fully saturated rings. The van der Waals surface area contributed by atoms with Crippen molar-refractivity contribution in [2.75, 3.05) is 12.3 Å². The third-order valence-corrected chi connectivity index (χ3v) is 2.78. The van der Waals surface area contributed by atoms with Gasteiger partial charge in [-0.05, 0) is 40.5 Å². The van der Waals surface area contributed by atoms with Gasteiger partial charge in [-0.15, -0.1) is 0 Å². The van der Waals surface area contributed by atoms with Crippen molar-refractivity contribution >= 4 is 33.5 Å². The van der Waals surface area contributed by atoms with Crippen LogP contribution in [0.3, 0.4) is 0 Å². The molecule has 0 heterocycles. The zero-order valence-electron chi connectivity index (χ0n) is 9.07. The molecule has 0 aliphatic rings. The summed E-state index contributed by atoms with van der Waals surface area (Å²) in [7, 11) is 0. The number of hydrogen-bond acceptors (Lipinski definition) is 3. The highest BCUT2D eigenvalue weighted by Crippen LogP contribution is 2.19. The molecule has 1 amide bonds. The monoisotopic (exact) mass is 300 g/mol. The standard InChI is InChI=1S/C11H13BrN2O3/c12-9-4-3-7(13)6-8(9)11(17)14-5-1-2-10(15)16/h3-4,6H,1-2,5,13H2,(H,14,17)(H,15,16). The number of halogens is 1. The van der Waals surface area contributed by atoms with Crippen molar-refractivity contribution < 1.29 is 14.7 Å². The van der Waals surface area contributed by atoms with Gasteiger partial charge >= 0.3 is 5.97 Å². The van der Waals surface area contributed by atoms with Crippen molar-refractivity contribution in [2.45, 2.75) is 12.8 Å². The Morgan fingerprint density at radius 1 is 1.41 bits per heavy atom. The summed E-state index contributed by atoms with van der Waals surface area (Å²) >= 11 is 3.25. The number of carboxylic acids is 1. The van der Waals surface area contributed by atoms with Crippen LogP contribution >= 0.6 is 15.9 Å². The molecule has 0 aliphatic heterocycles. The number of hydrogen-bond donors (Lipinski definition) is 3. The van der Waals surface area contributed by atoms with Crippen LogP contribution in [0.1, 0.15) is 23.2 Å². The summed E-state index contributed by atoms with van der Waals surface area (Å²) in [6.45, 7) is 0.326. The Hall–Kier alpha value is -1.56. The average Bonchev–Trinajstić information content (AvgIpc) is 2.27. The summed E-state index contributed by atoms with van der Waals surface area (Å²) in [5.74, 6) is -1.14. The van der Waals surface area contributed by atoms with Crippen molar-refractivity contribution in [2.24, 2.45) is 0 Å². The van der Waals surface area contributed by atoms with E-state index in [0.29, 0.717) is 28.7 Å². The van der Waals surface area contributed by atoms with Crippen LogP contribution in [0.4, 0.5) is 5.69 Å². The zero-order valence-corrected chi connectivity index (χ0v) is 10.7. The summed E-state index contributed by atoms with van der Waals surface area (Å²) in [5.41, 5.74) is 6.53. The van der Waals surface area contributed by atoms with Gasteiger partial charge in [0.25, 0.3) is 5.91 Å². The molecular weight excluding hydrogens is 288 g/mol. The highest BCUT2D eigenvalue weighted by atomic mass is 79.9. The van der Waals surface area contributed by atoms with Gasteiger partial charge in [0, 0.05) is 23.1 Å². The van der Waals surface area contributed by atoms with Gasteiger partial charge in [0.05, 0.1) is 5.56 Å². The van der Waals surface area contributed by atoms with Crippen LogP contribution in [0.2, 0.25) is 0 Å². The predicted octanol–water partition coefficient (Wildman–Crippen LogP) is 1.63. The molecule has 0 spiro atoms. The third kappa shape index (κ3) is 4.44. The summed E-state index contributed by atoms with van der Waals surface area (Å²) in [4.78, 5) is 22.0. The SMILES string of the molecule is Nc1ccc(Br)c(C(=O)NCCCC(=O)O)c1. The lowest BCUT2D eigenvalue weighted by molar-refractivity contribution is -0.137. The van der Waals surface area contributed by atoms with Crippen LogP contribution in [0.15, 0.2) is 22.7 Å². The van der Waals surface area contributed by atoms with E-state index >= 15 is 0 Å². The number of rotatable bonds is 5. The minimum atomic E-state index is -0.871. The number of carboxylic acid groups (broad SMARTS) is 1. The largest absolute Gasteiger partial charge is 0.481 e. The first kappa shape index (κ1) is 13.5. The number of benzene rings is 1.